The summed E-state index contributed by atoms with van der Waals surface area (Å²) in [5.74, 6) is 0.890. The average molecular weight is 691 g/mol. The fraction of sp³-hybridized carbons (Fsp3) is 0.324. The van der Waals surface area contributed by atoms with Gasteiger partial charge in [-0.2, -0.15) is 0 Å². The van der Waals surface area contributed by atoms with Crippen LogP contribution in [0.15, 0.2) is 85.2 Å². The van der Waals surface area contributed by atoms with Gasteiger partial charge in [-0.1, -0.05) is 59.6 Å². The van der Waals surface area contributed by atoms with E-state index >= 15 is 0 Å². The van der Waals surface area contributed by atoms with Crippen molar-refractivity contribution in [2.75, 3.05) is 38.8 Å². The Kier molecular flexibility index (Phi) is 10.7. The van der Waals surface area contributed by atoms with Gasteiger partial charge >= 0.3 is 12.1 Å². The summed E-state index contributed by atoms with van der Waals surface area (Å²) < 4.78 is 23.1. The summed E-state index contributed by atoms with van der Waals surface area (Å²) in [6.07, 6.45) is 4.05. The SMILES string of the molecule is COc1ccc([C@H](Cc2c(Cl)cncc2Cl)OC(=O)c2ccc(CN(C(=O)O[C@H]3CN4CCC3CC4)c3ccccc3)cc2)cc1OC. The van der Waals surface area contributed by atoms with Gasteiger partial charge in [0, 0.05) is 31.0 Å². The predicted octanol–water partition coefficient (Wildman–Crippen LogP) is 7.78. The smallest absolute Gasteiger partial charge is 0.414 e. The van der Waals surface area contributed by atoms with Gasteiger partial charge in [0.1, 0.15) is 12.2 Å². The molecule has 11 heteroatoms. The number of anilines is 1. The number of fused-ring (bicyclic) bond motifs is 3. The number of hydrogen-bond acceptors (Lipinski definition) is 8. The monoisotopic (exact) mass is 689 g/mol. The lowest BCUT2D eigenvalue weighted by atomic mass is 9.86. The van der Waals surface area contributed by atoms with Crippen molar-refractivity contribution < 1.29 is 28.5 Å². The molecule has 3 aromatic carbocycles. The largest absolute Gasteiger partial charge is 0.493 e. The van der Waals surface area contributed by atoms with E-state index in [-0.39, 0.29) is 25.2 Å². The van der Waals surface area contributed by atoms with E-state index in [0.717, 1.165) is 43.7 Å². The summed E-state index contributed by atoms with van der Waals surface area (Å²) in [5.41, 5.74) is 3.17. The second-order valence-electron chi connectivity index (χ2n) is 12.0. The molecule has 0 N–H and O–H groups in total. The van der Waals surface area contributed by atoms with Crippen molar-refractivity contribution >= 4 is 41.0 Å². The Balaban J connectivity index is 1.20. The molecule has 0 saturated carbocycles. The van der Waals surface area contributed by atoms with Gasteiger partial charge in [0.05, 0.1) is 36.4 Å². The van der Waals surface area contributed by atoms with Crippen LogP contribution in [0.1, 0.15) is 46.0 Å². The van der Waals surface area contributed by atoms with Crippen molar-refractivity contribution in [1.29, 1.82) is 0 Å². The number of pyridine rings is 1. The summed E-state index contributed by atoms with van der Waals surface area (Å²) in [4.78, 5) is 35.2. The van der Waals surface area contributed by atoms with E-state index in [9.17, 15) is 9.59 Å². The van der Waals surface area contributed by atoms with Crippen LogP contribution >= 0.6 is 23.2 Å². The number of halogens is 2. The van der Waals surface area contributed by atoms with E-state index in [0.29, 0.717) is 44.2 Å². The van der Waals surface area contributed by atoms with Crippen molar-refractivity contribution in [3.63, 3.8) is 0 Å². The number of nitrogens with zero attached hydrogens (tertiary/aromatic N) is 3. The van der Waals surface area contributed by atoms with Gasteiger partial charge < -0.3 is 18.9 Å². The fourth-order valence-corrected chi connectivity index (χ4v) is 6.85. The first-order valence-corrected chi connectivity index (χ1v) is 16.6. The minimum absolute atomic E-state index is 0.112. The molecule has 1 amide bonds. The molecule has 0 aliphatic carbocycles. The molecule has 2 atom stereocenters. The molecule has 3 fully saturated rings. The Morgan fingerprint density at radius 1 is 0.917 bits per heavy atom. The molecule has 9 nitrogen and oxygen atoms in total. The Labute approximate surface area is 290 Å². The van der Waals surface area contributed by atoms with Gasteiger partial charge in [0.25, 0.3) is 0 Å². The summed E-state index contributed by atoms with van der Waals surface area (Å²) >= 11 is 12.9. The zero-order chi connectivity index (χ0) is 33.6. The molecule has 250 valence electrons. The number of esters is 1. The maximum absolute atomic E-state index is 13.6. The Hall–Kier alpha value is -4.31. The zero-order valence-corrected chi connectivity index (χ0v) is 28.3. The van der Waals surface area contributed by atoms with Gasteiger partial charge in [0.15, 0.2) is 11.5 Å². The van der Waals surface area contributed by atoms with Gasteiger partial charge in [-0.3, -0.25) is 14.8 Å². The number of hydrogen-bond donors (Lipinski definition) is 0. The molecule has 2 bridgehead atoms. The van der Waals surface area contributed by atoms with Crippen LogP contribution in [-0.4, -0.2) is 61.9 Å². The highest BCUT2D eigenvalue weighted by Crippen LogP contribution is 2.36. The van der Waals surface area contributed by atoms with Crippen LogP contribution in [0.25, 0.3) is 0 Å². The Morgan fingerprint density at radius 2 is 1.60 bits per heavy atom. The van der Waals surface area contributed by atoms with Crippen LogP contribution in [0.4, 0.5) is 10.5 Å². The molecule has 48 heavy (non-hydrogen) atoms. The first kappa shape index (κ1) is 33.6. The molecule has 3 saturated heterocycles. The van der Waals surface area contributed by atoms with E-state index in [1.54, 1.807) is 42.3 Å². The molecule has 1 aromatic heterocycles. The lowest BCUT2D eigenvalue weighted by Gasteiger charge is -2.44. The number of piperidine rings is 3. The topological polar surface area (TPSA) is 90.4 Å². The number of ether oxygens (including phenoxy) is 4. The maximum atomic E-state index is 13.6. The number of aromatic nitrogens is 1. The molecule has 4 heterocycles. The molecule has 0 unspecified atom stereocenters. The first-order valence-electron chi connectivity index (χ1n) is 15.9. The third-order valence-corrected chi connectivity index (χ3v) is 9.69. The van der Waals surface area contributed by atoms with Gasteiger partial charge in [-0.15, -0.1) is 0 Å². The highest BCUT2D eigenvalue weighted by Gasteiger charge is 2.37. The minimum atomic E-state index is -0.760. The summed E-state index contributed by atoms with van der Waals surface area (Å²) in [6.45, 7) is 3.18. The molecule has 7 rings (SSSR count). The fourth-order valence-electron chi connectivity index (χ4n) is 6.33. The number of para-hydroxylation sites is 1. The molecule has 3 aliphatic heterocycles. The van der Waals surface area contributed by atoms with Crippen molar-refractivity contribution in [2.45, 2.75) is 38.0 Å². The average Bonchev–Trinajstić information content (AvgIpc) is 3.12. The van der Waals surface area contributed by atoms with Crippen LogP contribution < -0.4 is 14.4 Å². The molecule has 4 aromatic rings. The van der Waals surface area contributed by atoms with E-state index < -0.39 is 12.1 Å². The van der Waals surface area contributed by atoms with E-state index in [4.69, 9.17) is 42.1 Å². The van der Waals surface area contributed by atoms with E-state index in [1.165, 1.54) is 19.5 Å². The highest BCUT2D eigenvalue weighted by molar-refractivity contribution is 6.35. The van der Waals surface area contributed by atoms with Crippen LogP contribution in [0, 0.1) is 5.92 Å². The number of methoxy groups -OCH3 is 2. The lowest BCUT2D eigenvalue weighted by Crippen LogP contribution is -2.53. The zero-order valence-electron chi connectivity index (χ0n) is 26.8. The normalized spacial score (nSPS) is 18.9. The van der Waals surface area contributed by atoms with Crippen molar-refractivity contribution in [1.82, 2.24) is 9.88 Å². The predicted molar refractivity (Wildman–Crippen MR) is 184 cm³/mol. The third kappa shape index (κ3) is 7.70. The maximum Gasteiger partial charge on any atom is 0.414 e. The number of rotatable bonds is 11. The van der Waals surface area contributed by atoms with Gasteiger partial charge in [-0.05, 0) is 84.9 Å². The van der Waals surface area contributed by atoms with Crippen LogP contribution in [0.5, 0.6) is 11.5 Å². The number of carbonyl (C=O) groups is 2. The highest BCUT2D eigenvalue weighted by atomic mass is 35.5. The summed E-state index contributed by atoms with van der Waals surface area (Å²) in [7, 11) is 3.09. The van der Waals surface area contributed by atoms with Crippen LogP contribution in [0.3, 0.4) is 0 Å². The van der Waals surface area contributed by atoms with Crippen molar-refractivity contribution in [3.05, 3.63) is 117 Å². The summed E-state index contributed by atoms with van der Waals surface area (Å²) in [6, 6.07) is 21.8. The van der Waals surface area contributed by atoms with E-state index in [2.05, 4.69) is 9.88 Å². The second-order valence-corrected chi connectivity index (χ2v) is 12.8. The second kappa shape index (κ2) is 15.3. The van der Waals surface area contributed by atoms with Gasteiger partial charge in [0.2, 0.25) is 0 Å². The Morgan fingerprint density at radius 3 is 2.23 bits per heavy atom. The van der Waals surface area contributed by atoms with Crippen LogP contribution in [0.2, 0.25) is 10.0 Å². The number of carbonyl (C=O) groups excluding carboxylic acids is 2. The van der Waals surface area contributed by atoms with Crippen molar-refractivity contribution in [2.24, 2.45) is 5.92 Å². The Bertz CT molecular complexity index is 1710. The quantitative estimate of drug-likeness (QED) is 0.148. The molecule has 0 spiro atoms. The summed E-state index contributed by atoms with van der Waals surface area (Å²) in [5, 5.41) is 0.728. The minimum Gasteiger partial charge on any atom is -0.493 e. The van der Waals surface area contributed by atoms with E-state index in [1.807, 2.05) is 42.5 Å². The third-order valence-electron chi connectivity index (χ3n) is 9.04. The standard InChI is InChI=1S/C37H37Cl2N3O6/c1-45-32-13-12-27(18-34(32)46-2)33(19-29-30(38)20-40-21-31(29)39)47-36(43)26-10-8-24(9-11-26)22-42(28-6-4-3-5-7-28)37(44)48-35-23-41-16-14-25(35)15-17-41/h3-13,18,20-21,25,33,35H,14-17,19,22-23H2,1-2H3/t33-,35-/m0/s1. The lowest BCUT2D eigenvalue weighted by molar-refractivity contribution is -0.0311. The molecule has 3 aliphatic rings. The van der Waals surface area contributed by atoms with Crippen LogP contribution in [-0.2, 0) is 22.4 Å². The molecule has 0 radical (unpaired) electrons. The van der Waals surface area contributed by atoms with Crippen molar-refractivity contribution in [3.8, 4) is 11.5 Å². The molecular formula is C37H37Cl2N3O6. The first-order chi connectivity index (χ1) is 23.3. The van der Waals surface area contributed by atoms with Gasteiger partial charge in [-0.25, -0.2) is 9.59 Å². The number of amides is 1. The molecular weight excluding hydrogens is 653 g/mol. The number of benzene rings is 3.